The minimum Gasteiger partial charge on any atom is -0.497 e. The Balaban J connectivity index is 2.34. The predicted octanol–water partition coefficient (Wildman–Crippen LogP) is 4.99. The highest BCUT2D eigenvalue weighted by atomic mass is 79.9. The van der Waals surface area contributed by atoms with Crippen LogP contribution >= 0.6 is 38.9 Å². The Morgan fingerprint density at radius 1 is 1.41 bits per heavy atom. The summed E-state index contributed by atoms with van der Waals surface area (Å²) in [5, 5.41) is 1.43. The Kier molecular flexibility index (Phi) is 4.07. The summed E-state index contributed by atoms with van der Waals surface area (Å²) in [5.41, 5.74) is 1.34. The van der Waals surface area contributed by atoms with E-state index in [4.69, 9.17) is 16.3 Å². The average molecular weight is 336 g/mol. The summed E-state index contributed by atoms with van der Waals surface area (Å²) in [5.74, 6) is 0.133. The molecule has 1 aromatic carbocycles. The number of hydrogen-bond acceptors (Lipinski definition) is 2. The molecule has 2 aromatic rings. The Morgan fingerprint density at radius 2 is 2.18 bits per heavy atom. The first-order chi connectivity index (χ1) is 8.11. The molecule has 0 aliphatic carbocycles. The van der Waals surface area contributed by atoms with Gasteiger partial charge in [0.15, 0.2) is 0 Å². The van der Waals surface area contributed by atoms with Crippen molar-refractivity contribution in [2.24, 2.45) is 0 Å². The minimum atomic E-state index is -0.483. The highest BCUT2D eigenvalue weighted by molar-refractivity contribution is 9.11. The van der Waals surface area contributed by atoms with Gasteiger partial charge in [-0.15, -0.1) is 22.9 Å². The molecule has 0 aliphatic rings. The van der Waals surface area contributed by atoms with Crippen molar-refractivity contribution >= 4 is 38.9 Å². The Hall–Kier alpha value is -0.580. The number of thiophene rings is 1. The molecule has 1 unspecified atom stereocenters. The molecule has 0 saturated carbocycles. The van der Waals surface area contributed by atoms with E-state index >= 15 is 0 Å². The van der Waals surface area contributed by atoms with Crippen molar-refractivity contribution in [2.75, 3.05) is 7.11 Å². The smallest absolute Gasteiger partial charge is 0.131 e. The molecule has 0 bridgehead atoms. The zero-order valence-corrected chi connectivity index (χ0v) is 12.1. The van der Waals surface area contributed by atoms with E-state index in [-0.39, 0.29) is 5.82 Å². The van der Waals surface area contributed by atoms with Gasteiger partial charge in [0.25, 0.3) is 0 Å². The summed E-state index contributed by atoms with van der Waals surface area (Å²) in [4.78, 5) is 0. The largest absolute Gasteiger partial charge is 0.497 e. The second-order valence-corrected chi connectivity index (χ2v) is 6.16. The maximum atomic E-state index is 13.8. The molecule has 1 atom stereocenters. The lowest BCUT2D eigenvalue weighted by Gasteiger charge is -2.10. The van der Waals surface area contributed by atoms with Crippen LogP contribution in [0.4, 0.5) is 4.39 Å². The molecule has 0 radical (unpaired) electrons. The molecule has 0 fully saturated rings. The predicted molar refractivity (Wildman–Crippen MR) is 72.7 cm³/mol. The molecule has 0 aliphatic heterocycles. The van der Waals surface area contributed by atoms with E-state index in [2.05, 4.69) is 15.9 Å². The van der Waals surface area contributed by atoms with E-state index in [1.807, 2.05) is 11.4 Å². The number of methoxy groups -OCH3 is 1. The Bertz CT molecular complexity index is 529. The number of alkyl halides is 1. The van der Waals surface area contributed by atoms with Gasteiger partial charge in [0.2, 0.25) is 0 Å². The number of hydrogen-bond donors (Lipinski definition) is 0. The van der Waals surface area contributed by atoms with Gasteiger partial charge in [-0.1, -0.05) is 6.07 Å². The van der Waals surface area contributed by atoms with Gasteiger partial charge in [-0.25, -0.2) is 4.39 Å². The highest BCUT2D eigenvalue weighted by Gasteiger charge is 2.17. The van der Waals surface area contributed by atoms with Crippen LogP contribution in [-0.2, 0) is 0 Å². The van der Waals surface area contributed by atoms with Crippen LogP contribution in [0.15, 0.2) is 33.4 Å². The minimum absolute atomic E-state index is 0.355. The van der Waals surface area contributed by atoms with Crippen LogP contribution in [0.3, 0.4) is 0 Å². The Morgan fingerprint density at radius 3 is 2.71 bits per heavy atom. The van der Waals surface area contributed by atoms with E-state index < -0.39 is 5.38 Å². The lowest BCUT2D eigenvalue weighted by Crippen LogP contribution is -1.96. The van der Waals surface area contributed by atoms with Gasteiger partial charge in [-0.3, -0.25) is 0 Å². The first-order valence-corrected chi connectivity index (χ1v) is 6.94. The second kappa shape index (κ2) is 5.38. The zero-order valence-electron chi connectivity index (χ0n) is 8.91. The molecule has 2 rings (SSSR count). The maximum Gasteiger partial charge on any atom is 0.131 e. The second-order valence-electron chi connectivity index (χ2n) is 3.43. The fraction of sp³-hybridized carbons (Fsp3) is 0.167. The van der Waals surface area contributed by atoms with Crippen LogP contribution in [0.1, 0.15) is 16.5 Å². The molecule has 5 heteroatoms. The van der Waals surface area contributed by atoms with E-state index in [0.29, 0.717) is 11.3 Å². The summed E-state index contributed by atoms with van der Waals surface area (Å²) >= 11 is 11.1. The van der Waals surface area contributed by atoms with Crippen LogP contribution in [0, 0.1) is 5.82 Å². The van der Waals surface area contributed by atoms with Gasteiger partial charge >= 0.3 is 0 Å². The van der Waals surface area contributed by atoms with E-state index in [0.717, 1.165) is 9.35 Å². The molecule has 17 heavy (non-hydrogen) atoms. The van der Waals surface area contributed by atoms with Gasteiger partial charge in [-0.2, -0.15) is 0 Å². The standard InChI is InChI=1S/C12H9BrClFOS/c1-16-8-2-3-9(10(15)5-8)12(14)7-4-11(13)17-6-7/h2-6,12H,1H3. The molecular weight excluding hydrogens is 327 g/mol. The van der Waals surface area contributed by atoms with Gasteiger partial charge in [-0.05, 0) is 39.0 Å². The van der Waals surface area contributed by atoms with Crippen molar-refractivity contribution < 1.29 is 9.13 Å². The van der Waals surface area contributed by atoms with Gasteiger partial charge in [0, 0.05) is 11.6 Å². The third-order valence-corrected chi connectivity index (χ3v) is 4.37. The van der Waals surface area contributed by atoms with Crippen molar-refractivity contribution in [3.63, 3.8) is 0 Å². The van der Waals surface area contributed by atoms with Gasteiger partial charge < -0.3 is 4.74 Å². The summed E-state index contributed by atoms with van der Waals surface area (Å²) in [6.45, 7) is 0. The van der Waals surface area contributed by atoms with E-state index in [1.54, 1.807) is 12.1 Å². The van der Waals surface area contributed by atoms with Gasteiger partial charge in [0.1, 0.15) is 11.6 Å². The van der Waals surface area contributed by atoms with Crippen LogP contribution in [-0.4, -0.2) is 7.11 Å². The fourth-order valence-electron chi connectivity index (χ4n) is 1.48. The molecule has 0 amide bonds. The Labute approximate surface area is 116 Å². The first-order valence-electron chi connectivity index (χ1n) is 4.83. The zero-order chi connectivity index (χ0) is 12.4. The molecule has 0 saturated heterocycles. The lowest BCUT2D eigenvalue weighted by molar-refractivity contribution is 0.411. The first kappa shape index (κ1) is 12.9. The monoisotopic (exact) mass is 334 g/mol. The van der Waals surface area contributed by atoms with Crippen LogP contribution in [0.2, 0.25) is 0 Å². The molecule has 0 spiro atoms. The number of halogens is 3. The summed E-state index contributed by atoms with van der Waals surface area (Å²) < 4.78 is 19.7. The molecule has 1 nitrogen and oxygen atoms in total. The lowest BCUT2D eigenvalue weighted by atomic mass is 10.1. The van der Waals surface area contributed by atoms with Crippen LogP contribution in [0.5, 0.6) is 5.75 Å². The molecule has 90 valence electrons. The quantitative estimate of drug-likeness (QED) is 0.718. The van der Waals surface area contributed by atoms with Crippen molar-refractivity contribution in [1.29, 1.82) is 0 Å². The SMILES string of the molecule is COc1ccc(C(Cl)c2csc(Br)c2)c(F)c1. The maximum absolute atomic E-state index is 13.8. The van der Waals surface area contributed by atoms with Crippen molar-refractivity contribution in [1.82, 2.24) is 0 Å². The average Bonchev–Trinajstić information content (AvgIpc) is 2.75. The van der Waals surface area contributed by atoms with E-state index in [1.165, 1.54) is 24.5 Å². The van der Waals surface area contributed by atoms with Crippen molar-refractivity contribution in [2.45, 2.75) is 5.38 Å². The van der Waals surface area contributed by atoms with Gasteiger partial charge in [0.05, 0.1) is 16.3 Å². The van der Waals surface area contributed by atoms with Crippen molar-refractivity contribution in [3.05, 3.63) is 50.4 Å². The number of ether oxygens (including phenoxy) is 1. The number of benzene rings is 1. The molecule has 0 N–H and O–H groups in total. The molecule has 1 aromatic heterocycles. The normalized spacial score (nSPS) is 12.5. The third-order valence-electron chi connectivity index (χ3n) is 2.36. The van der Waals surface area contributed by atoms with Crippen LogP contribution in [0.25, 0.3) is 0 Å². The highest BCUT2D eigenvalue weighted by Crippen LogP contribution is 2.35. The fourth-order valence-corrected chi connectivity index (χ4v) is 3.06. The molecule has 1 heterocycles. The van der Waals surface area contributed by atoms with Crippen LogP contribution < -0.4 is 4.74 Å². The van der Waals surface area contributed by atoms with Crippen molar-refractivity contribution in [3.8, 4) is 5.75 Å². The topological polar surface area (TPSA) is 9.23 Å². The summed E-state index contributed by atoms with van der Waals surface area (Å²) in [7, 11) is 1.50. The third kappa shape index (κ3) is 2.81. The summed E-state index contributed by atoms with van der Waals surface area (Å²) in [6.07, 6.45) is 0. The number of rotatable bonds is 3. The summed E-state index contributed by atoms with van der Waals surface area (Å²) in [6, 6.07) is 6.59. The van der Waals surface area contributed by atoms with E-state index in [9.17, 15) is 4.39 Å². The molecular formula is C12H9BrClFOS.